The SMILES string of the molecule is COc1cc2nc(C3CCC(C=O)CC3)oc2cc1NC(=O)c1coc(C)n1. The van der Waals surface area contributed by atoms with Crippen LogP contribution in [0.5, 0.6) is 5.75 Å². The predicted octanol–water partition coefficient (Wildman–Crippen LogP) is 3.86. The van der Waals surface area contributed by atoms with Crippen LogP contribution in [0, 0.1) is 12.8 Å². The number of oxazole rings is 2. The van der Waals surface area contributed by atoms with Crippen molar-refractivity contribution in [1.82, 2.24) is 9.97 Å². The van der Waals surface area contributed by atoms with Gasteiger partial charge in [-0.15, -0.1) is 0 Å². The number of aryl methyl sites for hydroxylation is 1. The van der Waals surface area contributed by atoms with Gasteiger partial charge in [-0.1, -0.05) is 0 Å². The van der Waals surface area contributed by atoms with E-state index < -0.39 is 5.91 Å². The smallest absolute Gasteiger partial charge is 0.277 e. The molecule has 1 N–H and O–H groups in total. The fourth-order valence-electron chi connectivity index (χ4n) is 3.57. The molecule has 1 aliphatic rings. The van der Waals surface area contributed by atoms with Crippen LogP contribution in [0.1, 0.15) is 53.9 Å². The van der Waals surface area contributed by atoms with Crippen LogP contribution in [0.3, 0.4) is 0 Å². The Bertz CT molecular complexity index is 1010. The van der Waals surface area contributed by atoms with E-state index in [1.54, 1.807) is 19.1 Å². The van der Waals surface area contributed by atoms with Crippen molar-refractivity contribution >= 4 is 29.0 Å². The van der Waals surface area contributed by atoms with Crippen LogP contribution in [0.25, 0.3) is 11.1 Å². The van der Waals surface area contributed by atoms with Gasteiger partial charge < -0.3 is 23.7 Å². The fourth-order valence-corrected chi connectivity index (χ4v) is 3.57. The lowest BCUT2D eigenvalue weighted by Gasteiger charge is -2.22. The van der Waals surface area contributed by atoms with Gasteiger partial charge in [-0.25, -0.2) is 9.97 Å². The molecule has 1 aromatic carbocycles. The zero-order valence-electron chi connectivity index (χ0n) is 15.7. The van der Waals surface area contributed by atoms with Gasteiger partial charge in [0.15, 0.2) is 23.1 Å². The Labute approximate surface area is 161 Å². The number of anilines is 1. The third-order valence-electron chi connectivity index (χ3n) is 5.14. The first kappa shape index (κ1) is 18.2. The topological polar surface area (TPSA) is 107 Å². The van der Waals surface area contributed by atoms with Crippen molar-refractivity contribution in [2.75, 3.05) is 12.4 Å². The van der Waals surface area contributed by atoms with Gasteiger partial charge in [-0.3, -0.25) is 4.79 Å². The van der Waals surface area contributed by atoms with Gasteiger partial charge in [-0.05, 0) is 25.7 Å². The minimum Gasteiger partial charge on any atom is -0.494 e. The highest BCUT2D eigenvalue weighted by Gasteiger charge is 2.26. The van der Waals surface area contributed by atoms with Crippen LogP contribution >= 0.6 is 0 Å². The predicted molar refractivity (Wildman–Crippen MR) is 101 cm³/mol. The zero-order valence-corrected chi connectivity index (χ0v) is 15.7. The molecule has 0 unspecified atom stereocenters. The molecule has 0 bridgehead atoms. The van der Waals surface area contributed by atoms with Crippen LogP contribution in [-0.4, -0.2) is 29.3 Å². The zero-order chi connectivity index (χ0) is 19.7. The maximum absolute atomic E-state index is 12.4. The Kier molecular flexibility index (Phi) is 4.85. The fraction of sp³-hybridized carbons (Fsp3) is 0.400. The summed E-state index contributed by atoms with van der Waals surface area (Å²) in [6, 6.07) is 3.44. The number of ether oxygens (including phenoxy) is 1. The number of rotatable bonds is 5. The van der Waals surface area contributed by atoms with E-state index in [4.69, 9.17) is 13.6 Å². The van der Waals surface area contributed by atoms with E-state index in [0.29, 0.717) is 34.3 Å². The van der Waals surface area contributed by atoms with Crippen LogP contribution in [0.2, 0.25) is 0 Å². The Balaban J connectivity index is 1.59. The molecule has 0 radical (unpaired) electrons. The summed E-state index contributed by atoms with van der Waals surface area (Å²) < 4.78 is 16.4. The standard InChI is InChI=1S/C20H21N3O5/c1-11-21-16(10-27-11)19(25)22-14-8-18-15(7-17(14)26-2)23-20(28-18)13-5-3-12(9-24)4-6-13/h7-10,12-13H,3-6H2,1-2H3,(H,22,25). The summed E-state index contributed by atoms with van der Waals surface area (Å²) in [6.07, 6.45) is 5.81. The second-order valence-corrected chi connectivity index (χ2v) is 7.03. The molecule has 1 amide bonds. The molecule has 28 heavy (non-hydrogen) atoms. The molecule has 4 rings (SSSR count). The van der Waals surface area contributed by atoms with Gasteiger partial charge in [0, 0.05) is 30.9 Å². The third-order valence-corrected chi connectivity index (χ3v) is 5.14. The van der Waals surface area contributed by atoms with Crippen molar-refractivity contribution in [2.24, 2.45) is 5.92 Å². The molecule has 1 fully saturated rings. The molecule has 0 saturated heterocycles. The monoisotopic (exact) mass is 383 g/mol. The number of benzene rings is 1. The maximum Gasteiger partial charge on any atom is 0.277 e. The summed E-state index contributed by atoms with van der Waals surface area (Å²) in [4.78, 5) is 32.0. The van der Waals surface area contributed by atoms with Crippen molar-refractivity contribution in [3.8, 4) is 5.75 Å². The molecule has 8 nitrogen and oxygen atoms in total. The van der Waals surface area contributed by atoms with E-state index >= 15 is 0 Å². The summed E-state index contributed by atoms with van der Waals surface area (Å²) >= 11 is 0. The first-order valence-electron chi connectivity index (χ1n) is 9.24. The van der Waals surface area contributed by atoms with Crippen LogP contribution in [-0.2, 0) is 4.79 Å². The maximum atomic E-state index is 12.4. The molecule has 3 aromatic rings. The number of aromatic nitrogens is 2. The molecule has 146 valence electrons. The first-order valence-corrected chi connectivity index (χ1v) is 9.24. The van der Waals surface area contributed by atoms with Crippen LogP contribution in [0.4, 0.5) is 5.69 Å². The van der Waals surface area contributed by atoms with E-state index in [1.165, 1.54) is 13.4 Å². The lowest BCUT2D eigenvalue weighted by atomic mass is 9.83. The first-order chi connectivity index (χ1) is 13.6. The molecule has 8 heteroatoms. The number of nitrogens with zero attached hydrogens (tertiary/aromatic N) is 2. The van der Waals surface area contributed by atoms with Gasteiger partial charge in [0.25, 0.3) is 5.91 Å². The number of nitrogens with one attached hydrogen (secondary N) is 1. The molecule has 1 saturated carbocycles. The second kappa shape index (κ2) is 7.46. The Hall–Kier alpha value is -3.16. The molecule has 0 aliphatic heterocycles. The van der Waals surface area contributed by atoms with E-state index in [0.717, 1.165) is 32.0 Å². The molecule has 1 aliphatic carbocycles. The van der Waals surface area contributed by atoms with E-state index in [-0.39, 0.29) is 17.5 Å². The van der Waals surface area contributed by atoms with Crippen molar-refractivity contribution in [1.29, 1.82) is 0 Å². The van der Waals surface area contributed by atoms with Crippen LogP contribution in [0.15, 0.2) is 27.2 Å². The molecule has 0 spiro atoms. The van der Waals surface area contributed by atoms with Gasteiger partial charge in [0.1, 0.15) is 23.8 Å². The number of aldehydes is 1. The highest BCUT2D eigenvalue weighted by molar-refractivity contribution is 6.04. The van der Waals surface area contributed by atoms with Gasteiger partial charge >= 0.3 is 0 Å². The average Bonchev–Trinajstić information content (AvgIpc) is 3.33. The third kappa shape index (κ3) is 3.49. The molecular formula is C20H21N3O5. The number of carbonyl (C=O) groups is 2. The number of amides is 1. The van der Waals surface area contributed by atoms with Gasteiger partial charge in [0.2, 0.25) is 0 Å². The molecule has 2 heterocycles. The Morgan fingerprint density at radius 1 is 1.25 bits per heavy atom. The van der Waals surface area contributed by atoms with Gasteiger partial charge in [0.05, 0.1) is 12.8 Å². The highest BCUT2D eigenvalue weighted by Crippen LogP contribution is 2.38. The number of carbonyl (C=O) groups excluding carboxylic acids is 2. The number of methoxy groups -OCH3 is 1. The lowest BCUT2D eigenvalue weighted by molar-refractivity contribution is -0.112. The number of hydrogen-bond acceptors (Lipinski definition) is 7. The number of hydrogen-bond donors (Lipinski definition) is 1. The van der Waals surface area contributed by atoms with Crippen molar-refractivity contribution in [3.05, 3.63) is 35.9 Å². The summed E-state index contributed by atoms with van der Waals surface area (Å²) in [5.41, 5.74) is 1.89. The lowest BCUT2D eigenvalue weighted by Crippen LogP contribution is -2.14. The highest BCUT2D eigenvalue weighted by atomic mass is 16.5. The number of fused-ring (bicyclic) bond motifs is 1. The molecule has 2 aromatic heterocycles. The second-order valence-electron chi connectivity index (χ2n) is 7.03. The molecule has 0 atom stereocenters. The summed E-state index contributed by atoms with van der Waals surface area (Å²) in [7, 11) is 1.53. The van der Waals surface area contributed by atoms with E-state index in [9.17, 15) is 9.59 Å². The summed E-state index contributed by atoms with van der Waals surface area (Å²) in [5, 5.41) is 2.77. The quantitative estimate of drug-likeness (QED) is 0.667. The average molecular weight is 383 g/mol. The largest absolute Gasteiger partial charge is 0.494 e. The van der Waals surface area contributed by atoms with E-state index in [1.807, 2.05) is 0 Å². The Morgan fingerprint density at radius 2 is 2.04 bits per heavy atom. The van der Waals surface area contributed by atoms with E-state index in [2.05, 4.69) is 15.3 Å². The van der Waals surface area contributed by atoms with Crippen molar-refractivity contribution in [2.45, 2.75) is 38.5 Å². The van der Waals surface area contributed by atoms with Crippen molar-refractivity contribution < 1.29 is 23.2 Å². The minimum absolute atomic E-state index is 0.141. The Morgan fingerprint density at radius 3 is 2.68 bits per heavy atom. The molecular weight excluding hydrogens is 362 g/mol. The normalized spacial score (nSPS) is 19.5. The van der Waals surface area contributed by atoms with Crippen LogP contribution < -0.4 is 10.1 Å². The van der Waals surface area contributed by atoms with Gasteiger partial charge in [-0.2, -0.15) is 0 Å². The summed E-state index contributed by atoms with van der Waals surface area (Å²) in [5.74, 6) is 1.49. The van der Waals surface area contributed by atoms with Crippen molar-refractivity contribution in [3.63, 3.8) is 0 Å². The minimum atomic E-state index is -0.401. The summed E-state index contributed by atoms with van der Waals surface area (Å²) in [6.45, 7) is 1.67.